The maximum absolute atomic E-state index is 13.6. The Hall–Kier alpha value is -2.11. The van der Waals surface area contributed by atoms with Gasteiger partial charge in [0.1, 0.15) is 11.4 Å². The molecule has 1 aromatic rings. The van der Waals surface area contributed by atoms with Gasteiger partial charge in [-0.15, -0.1) is 0 Å². The number of carboxylic acid groups (broad SMARTS) is 1. The van der Waals surface area contributed by atoms with Crippen LogP contribution >= 0.6 is 0 Å². The monoisotopic (exact) mass is 266 g/mol. The SMILES string of the molecule is NC(=O)C1CCN(c2cccc(F)c2C(=O)O)CC1. The third kappa shape index (κ3) is 2.67. The number of primary amides is 1. The molecule has 0 radical (unpaired) electrons. The Morgan fingerprint density at radius 2 is 1.95 bits per heavy atom. The van der Waals surface area contributed by atoms with Crippen LogP contribution in [-0.2, 0) is 4.79 Å². The summed E-state index contributed by atoms with van der Waals surface area (Å²) in [7, 11) is 0. The highest BCUT2D eigenvalue weighted by molar-refractivity contribution is 5.94. The first-order chi connectivity index (χ1) is 9.00. The summed E-state index contributed by atoms with van der Waals surface area (Å²) < 4.78 is 13.6. The third-order valence-corrected chi connectivity index (χ3v) is 3.44. The molecule has 0 bridgehead atoms. The van der Waals surface area contributed by atoms with Crippen LogP contribution in [0.2, 0.25) is 0 Å². The average Bonchev–Trinajstić information content (AvgIpc) is 2.38. The Morgan fingerprint density at radius 1 is 1.32 bits per heavy atom. The molecule has 1 amide bonds. The number of benzene rings is 1. The number of rotatable bonds is 3. The van der Waals surface area contributed by atoms with Crippen LogP contribution in [0, 0.1) is 11.7 Å². The summed E-state index contributed by atoms with van der Waals surface area (Å²) in [4.78, 5) is 24.0. The number of hydrogen-bond donors (Lipinski definition) is 2. The molecular formula is C13H15FN2O3. The molecule has 1 aliphatic heterocycles. The zero-order valence-electron chi connectivity index (χ0n) is 10.3. The summed E-state index contributed by atoms with van der Waals surface area (Å²) in [5.74, 6) is -2.55. The van der Waals surface area contributed by atoms with E-state index in [1.807, 2.05) is 0 Å². The number of piperidine rings is 1. The molecule has 0 aliphatic carbocycles. The Bertz CT molecular complexity index is 511. The van der Waals surface area contributed by atoms with Gasteiger partial charge < -0.3 is 15.7 Å². The van der Waals surface area contributed by atoms with E-state index in [4.69, 9.17) is 10.8 Å². The van der Waals surface area contributed by atoms with Crippen molar-refractivity contribution in [2.45, 2.75) is 12.8 Å². The number of carboxylic acids is 1. The van der Waals surface area contributed by atoms with E-state index in [0.29, 0.717) is 31.6 Å². The van der Waals surface area contributed by atoms with Crippen molar-refractivity contribution in [2.24, 2.45) is 11.7 Å². The number of hydrogen-bond acceptors (Lipinski definition) is 3. The molecule has 0 spiro atoms. The van der Waals surface area contributed by atoms with Crippen molar-refractivity contribution in [1.82, 2.24) is 0 Å². The van der Waals surface area contributed by atoms with Crippen molar-refractivity contribution >= 4 is 17.6 Å². The maximum atomic E-state index is 13.6. The van der Waals surface area contributed by atoms with Crippen molar-refractivity contribution in [3.05, 3.63) is 29.6 Å². The van der Waals surface area contributed by atoms with Crippen LogP contribution in [-0.4, -0.2) is 30.1 Å². The van der Waals surface area contributed by atoms with Gasteiger partial charge in [0.15, 0.2) is 0 Å². The molecule has 1 saturated heterocycles. The molecule has 1 aromatic carbocycles. The van der Waals surface area contributed by atoms with Crippen LogP contribution in [0.1, 0.15) is 23.2 Å². The van der Waals surface area contributed by atoms with Gasteiger partial charge in [-0.25, -0.2) is 9.18 Å². The van der Waals surface area contributed by atoms with E-state index in [9.17, 15) is 14.0 Å². The molecule has 1 heterocycles. The lowest BCUT2D eigenvalue weighted by molar-refractivity contribution is -0.122. The summed E-state index contributed by atoms with van der Waals surface area (Å²) in [5.41, 5.74) is 5.28. The van der Waals surface area contributed by atoms with Crippen LogP contribution in [0.4, 0.5) is 10.1 Å². The minimum absolute atomic E-state index is 0.182. The fraction of sp³-hybridized carbons (Fsp3) is 0.385. The van der Waals surface area contributed by atoms with E-state index in [1.165, 1.54) is 6.07 Å². The number of carbonyl (C=O) groups excluding carboxylic acids is 1. The molecule has 0 unspecified atom stereocenters. The van der Waals surface area contributed by atoms with E-state index in [0.717, 1.165) is 6.07 Å². The minimum Gasteiger partial charge on any atom is -0.478 e. The summed E-state index contributed by atoms with van der Waals surface area (Å²) in [6, 6.07) is 4.19. The average molecular weight is 266 g/mol. The fourth-order valence-electron chi connectivity index (χ4n) is 2.39. The standard InChI is InChI=1S/C13H15FN2O3/c14-9-2-1-3-10(11(9)13(18)19)16-6-4-8(5-7-16)12(15)17/h1-3,8H,4-7H2,(H2,15,17)(H,18,19). The predicted molar refractivity (Wildman–Crippen MR) is 67.5 cm³/mol. The first-order valence-corrected chi connectivity index (χ1v) is 6.06. The Labute approximate surface area is 109 Å². The number of amides is 1. The van der Waals surface area contributed by atoms with E-state index >= 15 is 0 Å². The number of carbonyl (C=O) groups is 2. The minimum atomic E-state index is -1.29. The van der Waals surface area contributed by atoms with Crippen LogP contribution < -0.4 is 10.6 Å². The van der Waals surface area contributed by atoms with Crippen LogP contribution in [0.3, 0.4) is 0 Å². The van der Waals surface area contributed by atoms with Gasteiger partial charge in [-0.05, 0) is 25.0 Å². The molecular weight excluding hydrogens is 251 g/mol. The molecule has 3 N–H and O–H groups in total. The molecule has 1 aliphatic rings. The van der Waals surface area contributed by atoms with Crippen molar-refractivity contribution in [2.75, 3.05) is 18.0 Å². The lowest BCUT2D eigenvalue weighted by Crippen LogP contribution is -2.39. The molecule has 2 rings (SSSR count). The van der Waals surface area contributed by atoms with Gasteiger partial charge >= 0.3 is 5.97 Å². The zero-order chi connectivity index (χ0) is 14.0. The Kier molecular flexibility index (Phi) is 3.69. The largest absolute Gasteiger partial charge is 0.478 e. The second kappa shape index (κ2) is 5.26. The molecule has 1 fully saturated rings. The Morgan fingerprint density at radius 3 is 2.47 bits per heavy atom. The van der Waals surface area contributed by atoms with E-state index in [2.05, 4.69) is 0 Å². The molecule has 102 valence electrons. The van der Waals surface area contributed by atoms with Crippen LogP contribution in [0.15, 0.2) is 18.2 Å². The van der Waals surface area contributed by atoms with Crippen molar-refractivity contribution < 1.29 is 19.1 Å². The molecule has 0 atom stereocenters. The smallest absolute Gasteiger partial charge is 0.340 e. The van der Waals surface area contributed by atoms with Gasteiger partial charge in [0.25, 0.3) is 0 Å². The highest BCUT2D eigenvalue weighted by Crippen LogP contribution is 2.27. The molecule has 0 aromatic heterocycles. The summed E-state index contributed by atoms with van der Waals surface area (Å²) in [6.45, 7) is 0.995. The molecule has 5 nitrogen and oxygen atoms in total. The van der Waals surface area contributed by atoms with E-state index in [1.54, 1.807) is 11.0 Å². The third-order valence-electron chi connectivity index (χ3n) is 3.44. The number of nitrogens with zero attached hydrogens (tertiary/aromatic N) is 1. The lowest BCUT2D eigenvalue weighted by atomic mass is 9.95. The van der Waals surface area contributed by atoms with Gasteiger partial charge in [-0.1, -0.05) is 6.07 Å². The second-order valence-corrected chi connectivity index (χ2v) is 4.60. The molecule has 19 heavy (non-hydrogen) atoms. The van der Waals surface area contributed by atoms with Gasteiger partial charge in [0.05, 0.1) is 5.69 Å². The maximum Gasteiger partial charge on any atom is 0.340 e. The van der Waals surface area contributed by atoms with Crippen LogP contribution in [0.25, 0.3) is 0 Å². The Balaban J connectivity index is 2.22. The summed E-state index contributed by atoms with van der Waals surface area (Å²) in [5, 5.41) is 9.08. The van der Waals surface area contributed by atoms with Gasteiger partial charge in [0, 0.05) is 19.0 Å². The fourth-order valence-corrected chi connectivity index (χ4v) is 2.39. The van der Waals surface area contributed by atoms with Gasteiger partial charge in [0.2, 0.25) is 5.91 Å². The van der Waals surface area contributed by atoms with Crippen LogP contribution in [0.5, 0.6) is 0 Å². The highest BCUT2D eigenvalue weighted by atomic mass is 19.1. The van der Waals surface area contributed by atoms with Gasteiger partial charge in [-0.2, -0.15) is 0 Å². The van der Waals surface area contributed by atoms with Crippen molar-refractivity contribution in [1.29, 1.82) is 0 Å². The van der Waals surface area contributed by atoms with Gasteiger partial charge in [-0.3, -0.25) is 4.79 Å². The lowest BCUT2D eigenvalue weighted by Gasteiger charge is -2.33. The van der Waals surface area contributed by atoms with Crippen molar-refractivity contribution in [3.8, 4) is 0 Å². The number of anilines is 1. The zero-order valence-corrected chi connectivity index (χ0v) is 10.3. The predicted octanol–water partition coefficient (Wildman–Crippen LogP) is 1.23. The van der Waals surface area contributed by atoms with Crippen molar-refractivity contribution in [3.63, 3.8) is 0 Å². The molecule has 6 heteroatoms. The summed E-state index contributed by atoms with van der Waals surface area (Å²) >= 11 is 0. The second-order valence-electron chi connectivity index (χ2n) is 4.60. The number of halogens is 1. The first kappa shape index (κ1) is 13.3. The molecule has 0 saturated carbocycles. The number of aromatic carboxylic acids is 1. The first-order valence-electron chi connectivity index (χ1n) is 6.06. The quantitative estimate of drug-likeness (QED) is 0.861. The van der Waals surface area contributed by atoms with E-state index in [-0.39, 0.29) is 17.4 Å². The highest BCUT2D eigenvalue weighted by Gasteiger charge is 2.26. The normalized spacial score (nSPS) is 16.4. The van der Waals surface area contributed by atoms with E-state index < -0.39 is 11.8 Å². The topological polar surface area (TPSA) is 83.6 Å². The number of nitrogens with two attached hydrogens (primary N) is 1. The summed E-state index contributed by atoms with van der Waals surface area (Å²) in [6.07, 6.45) is 1.12.